The van der Waals surface area contributed by atoms with E-state index in [1.807, 2.05) is 45.0 Å². The topological polar surface area (TPSA) is 78.3 Å². The lowest BCUT2D eigenvalue weighted by atomic mass is 10.2. The highest BCUT2D eigenvalue weighted by Gasteiger charge is 2.33. The molecule has 1 N–H and O–H groups in total. The van der Waals surface area contributed by atoms with Crippen molar-refractivity contribution in [3.8, 4) is 17.1 Å². The van der Waals surface area contributed by atoms with E-state index in [9.17, 15) is 4.79 Å². The molecule has 7 nitrogen and oxygen atoms in total. The highest BCUT2D eigenvalue weighted by molar-refractivity contribution is 8.02. The van der Waals surface area contributed by atoms with Gasteiger partial charge >= 0.3 is 0 Å². The zero-order valence-electron chi connectivity index (χ0n) is 16.9. The van der Waals surface area contributed by atoms with Crippen LogP contribution in [0.4, 0.5) is 5.95 Å². The van der Waals surface area contributed by atoms with E-state index in [2.05, 4.69) is 15.4 Å². The molecule has 152 valence electrons. The Labute approximate surface area is 170 Å². The number of benzene rings is 1. The predicted octanol–water partition coefficient (Wildman–Crippen LogP) is 3.60. The van der Waals surface area contributed by atoms with Crippen LogP contribution in [0.25, 0.3) is 11.4 Å². The van der Waals surface area contributed by atoms with E-state index < -0.39 is 4.75 Å². The Hall–Kier alpha value is -2.06. The number of aromatic nitrogens is 3. The van der Waals surface area contributed by atoms with Gasteiger partial charge in [0.25, 0.3) is 0 Å². The summed E-state index contributed by atoms with van der Waals surface area (Å²) in [4.78, 5) is 17.4. The third-order valence-corrected chi connectivity index (χ3v) is 6.30. The normalized spacial score (nSPS) is 15.4. The van der Waals surface area contributed by atoms with Crippen molar-refractivity contribution in [2.24, 2.45) is 0 Å². The Balaban J connectivity index is 1.72. The van der Waals surface area contributed by atoms with Gasteiger partial charge in [-0.2, -0.15) is 4.98 Å². The monoisotopic (exact) mass is 404 g/mol. The average molecular weight is 405 g/mol. The maximum atomic E-state index is 12.9. The summed E-state index contributed by atoms with van der Waals surface area (Å²) in [6.07, 6.45) is 1.96. The fourth-order valence-electron chi connectivity index (χ4n) is 3.09. The summed E-state index contributed by atoms with van der Waals surface area (Å²) in [6.45, 7) is 8.09. The van der Waals surface area contributed by atoms with Gasteiger partial charge in [0.2, 0.25) is 11.9 Å². The predicted molar refractivity (Wildman–Crippen MR) is 112 cm³/mol. The van der Waals surface area contributed by atoms with Crippen molar-refractivity contribution >= 4 is 23.6 Å². The van der Waals surface area contributed by atoms with Crippen LogP contribution in [0.15, 0.2) is 24.3 Å². The van der Waals surface area contributed by atoms with Crippen molar-refractivity contribution in [2.45, 2.75) is 50.2 Å². The highest BCUT2D eigenvalue weighted by Crippen LogP contribution is 2.34. The number of carbonyl (C=O) groups is 1. The van der Waals surface area contributed by atoms with Crippen LogP contribution in [0, 0.1) is 0 Å². The molecule has 1 amide bonds. The molecule has 1 aliphatic rings. The summed E-state index contributed by atoms with van der Waals surface area (Å²) in [5.74, 6) is 1.75. The number of hydrogen-bond acceptors (Lipinski definition) is 6. The molecule has 2 heterocycles. The minimum atomic E-state index is -0.569. The second-order valence-electron chi connectivity index (χ2n) is 7.20. The van der Waals surface area contributed by atoms with Crippen LogP contribution in [-0.2, 0) is 16.1 Å². The quantitative estimate of drug-likeness (QED) is 0.760. The molecular weight excluding hydrogens is 376 g/mol. The van der Waals surface area contributed by atoms with Gasteiger partial charge in [0.1, 0.15) is 5.75 Å². The fraction of sp³-hybridized carbons (Fsp3) is 0.550. The molecular formula is C20H28N4O3S. The van der Waals surface area contributed by atoms with Crippen LogP contribution in [0.5, 0.6) is 5.75 Å². The number of rotatable bonds is 7. The number of carbonyl (C=O) groups excluding carboxylic acids is 1. The summed E-state index contributed by atoms with van der Waals surface area (Å²) >= 11 is 1.70. The van der Waals surface area contributed by atoms with Crippen molar-refractivity contribution in [1.82, 2.24) is 14.8 Å². The van der Waals surface area contributed by atoms with Crippen molar-refractivity contribution in [1.29, 1.82) is 0 Å². The van der Waals surface area contributed by atoms with E-state index in [0.717, 1.165) is 43.2 Å². The van der Waals surface area contributed by atoms with E-state index in [0.29, 0.717) is 17.7 Å². The Morgan fingerprint density at radius 1 is 1.32 bits per heavy atom. The Bertz CT molecular complexity index is 798. The first-order chi connectivity index (χ1) is 13.4. The lowest BCUT2D eigenvalue weighted by Crippen LogP contribution is -2.37. The molecule has 0 saturated carbocycles. The van der Waals surface area contributed by atoms with Crippen LogP contribution in [0.3, 0.4) is 0 Å². The highest BCUT2D eigenvalue weighted by atomic mass is 32.2. The summed E-state index contributed by atoms with van der Waals surface area (Å²) in [5.41, 5.74) is 0.923. The Morgan fingerprint density at radius 3 is 2.61 bits per heavy atom. The third-order valence-electron chi connectivity index (χ3n) is 4.72. The maximum Gasteiger partial charge on any atom is 0.249 e. The molecule has 3 rings (SSSR count). The van der Waals surface area contributed by atoms with E-state index in [-0.39, 0.29) is 5.91 Å². The van der Waals surface area contributed by atoms with Gasteiger partial charge in [-0.1, -0.05) is 0 Å². The number of nitrogens with zero attached hydrogens (tertiary/aromatic N) is 3. The molecule has 0 spiro atoms. The van der Waals surface area contributed by atoms with Crippen molar-refractivity contribution in [3.05, 3.63) is 24.3 Å². The molecule has 1 aromatic heterocycles. The van der Waals surface area contributed by atoms with Crippen molar-refractivity contribution in [3.63, 3.8) is 0 Å². The molecule has 8 heteroatoms. The molecule has 0 atom stereocenters. The summed E-state index contributed by atoms with van der Waals surface area (Å²) in [6, 6.07) is 7.64. The van der Waals surface area contributed by atoms with Gasteiger partial charge in [-0.3, -0.25) is 10.1 Å². The number of nitrogens with one attached hydrogen (secondary N) is 1. The lowest BCUT2D eigenvalue weighted by molar-refractivity contribution is -0.117. The Morgan fingerprint density at radius 2 is 2.00 bits per heavy atom. The summed E-state index contributed by atoms with van der Waals surface area (Å²) < 4.78 is 11.8. The van der Waals surface area contributed by atoms with E-state index in [1.165, 1.54) is 0 Å². The maximum absolute atomic E-state index is 12.9. The first-order valence-corrected chi connectivity index (χ1v) is 10.5. The van der Waals surface area contributed by atoms with Gasteiger partial charge in [0.05, 0.1) is 11.9 Å². The van der Waals surface area contributed by atoms with Crippen LogP contribution in [0.1, 0.15) is 33.6 Å². The molecule has 2 aromatic rings. The first-order valence-electron chi connectivity index (χ1n) is 9.59. The van der Waals surface area contributed by atoms with Gasteiger partial charge in [0, 0.05) is 30.6 Å². The number of ether oxygens (including phenoxy) is 2. The van der Waals surface area contributed by atoms with Crippen molar-refractivity contribution in [2.75, 3.05) is 25.6 Å². The second-order valence-corrected chi connectivity index (χ2v) is 9.12. The van der Waals surface area contributed by atoms with Gasteiger partial charge in [-0.15, -0.1) is 16.9 Å². The number of aryl methyl sites for hydroxylation is 1. The smallest absolute Gasteiger partial charge is 0.249 e. The van der Waals surface area contributed by atoms with E-state index in [1.54, 1.807) is 23.6 Å². The zero-order chi connectivity index (χ0) is 20.1. The van der Waals surface area contributed by atoms with Gasteiger partial charge < -0.3 is 9.47 Å². The largest absolute Gasteiger partial charge is 0.497 e. The number of methoxy groups -OCH3 is 1. The molecule has 0 unspecified atom stereocenters. The summed E-state index contributed by atoms with van der Waals surface area (Å²) in [5, 5.41) is 7.80. The second kappa shape index (κ2) is 8.96. The number of anilines is 1. The standard InChI is InChI=1S/C20H28N4O3S/c1-5-24-17(14-6-8-15(26-4)9-7-14)21-19(23-24)22-18(25)20(2,3)28-16-10-12-27-13-11-16/h6-9,16H,5,10-13H2,1-4H3,(H,22,23,25). The average Bonchev–Trinajstić information content (AvgIpc) is 3.11. The molecule has 0 radical (unpaired) electrons. The van der Waals surface area contributed by atoms with Crippen LogP contribution in [0.2, 0.25) is 0 Å². The molecule has 0 bridgehead atoms. The molecule has 1 saturated heterocycles. The minimum Gasteiger partial charge on any atom is -0.497 e. The SMILES string of the molecule is CCn1nc(NC(=O)C(C)(C)SC2CCOCC2)nc1-c1ccc(OC)cc1. The molecule has 1 aliphatic heterocycles. The summed E-state index contributed by atoms with van der Waals surface area (Å²) in [7, 11) is 1.64. The van der Waals surface area contributed by atoms with E-state index in [4.69, 9.17) is 9.47 Å². The Kier molecular flexibility index (Phi) is 6.61. The van der Waals surface area contributed by atoms with Crippen molar-refractivity contribution < 1.29 is 14.3 Å². The first kappa shape index (κ1) is 20.7. The number of amides is 1. The molecule has 0 aliphatic carbocycles. The third kappa shape index (κ3) is 4.86. The lowest BCUT2D eigenvalue weighted by Gasteiger charge is -2.30. The zero-order valence-corrected chi connectivity index (χ0v) is 17.7. The van der Waals surface area contributed by atoms with Gasteiger partial charge in [-0.25, -0.2) is 4.68 Å². The van der Waals surface area contributed by atoms with E-state index >= 15 is 0 Å². The number of thioether (sulfide) groups is 1. The van der Waals surface area contributed by atoms with Crippen LogP contribution in [-0.4, -0.2) is 51.0 Å². The van der Waals surface area contributed by atoms with Crippen LogP contribution < -0.4 is 10.1 Å². The van der Waals surface area contributed by atoms with Gasteiger partial charge in [-0.05, 0) is 57.9 Å². The van der Waals surface area contributed by atoms with Gasteiger partial charge in [0.15, 0.2) is 5.82 Å². The molecule has 1 fully saturated rings. The minimum absolute atomic E-state index is 0.0847. The fourth-order valence-corrected chi connectivity index (χ4v) is 4.50. The molecule has 28 heavy (non-hydrogen) atoms. The molecule has 1 aromatic carbocycles. The van der Waals surface area contributed by atoms with Crippen LogP contribution >= 0.6 is 11.8 Å². The number of hydrogen-bond donors (Lipinski definition) is 1.